The van der Waals surface area contributed by atoms with Crippen LogP contribution in [-0.2, 0) is 32.0 Å². The number of hydrogen-bond acceptors (Lipinski definition) is 7. The second kappa shape index (κ2) is 10.0. The van der Waals surface area contributed by atoms with E-state index in [4.69, 9.17) is 32.8 Å². The molecule has 3 atom stereocenters. The highest BCUT2D eigenvalue weighted by molar-refractivity contribution is 7.17. The summed E-state index contributed by atoms with van der Waals surface area (Å²) in [5, 5.41) is 2.74. The Morgan fingerprint density at radius 1 is 1.08 bits per heavy atom. The number of aryl methyl sites for hydroxylation is 1. The number of esters is 1. The summed E-state index contributed by atoms with van der Waals surface area (Å²) in [5.41, 5.74) is 2.51. The average molecular weight is 571 g/mol. The maximum absolute atomic E-state index is 14.2. The number of thiophene rings is 1. The number of anilines is 2. The fourth-order valence-electron chi connectivity index (χ4n) is 5.59. The van der Waals surface area contributed by atoms with E-state index in [2.05, 4.69) is 0 Å². The number of hydrogen-bond donors (Lipinski definition) is 0. The number of rotatable bonds is 5. The Morgan fingerprint density at radius 2 is 1.84 bits per heavy atom. The first-order valence-electron chi connectivity index (χ1n) is 12.6. The third-order valence-electron chi connectivity index (χ3n) is 7.24. The Hall–Kier alpha value is -2.91. The number of para-hydroxylation sites is 1. The molecule has 3 heterocycles. The molecule has 0 radical (unpaired) electrons. The summed E-state index contributed by atoms with van der Waals surface area (Å²) in [7, 11) is 0. The number of halogens is 2. The van der Waals surface area contributed by atoms with Gasteiger partial charge in [0.05, 0.1) is 23.9 Å². The van der Waals surface area contributed by atoms with Crippen LogP contribution in [0.2, 0.25) is 10.0 Å². The molecule has 0 spiro atoms. The third-order valence-corrected chi connectivity index (χ3v) is 9.08. The highest BCUT2D eigenvalue weighted by Crippen LogP contribution is 2.51. The first-order valence-corrected chi connectivity index (χ1v) is 14.1. The number of imide groups is 1. The zero-order chi connectivity index (χ0) is 26.6. The largest absolute Gasteiger partial charge is 0.462 e. The van der Waals surface area contributed by atoms with Crippen molar-refractivity contribution in [1.29, 1.82) is 0 Å². The molecule has 3 aromatic rings. The lowest BCUT2D eigenvalue weighted by molar-refractivity contribution is -0.126. The Labute approximate surface area is 233 Å². The Balaban J connectivity index is 1.46. The van der Waals surface area contributed by atoms with E-state index < -0.39 is 35.8 Å². The molecular weight excluding hydrogens is 547 g/mol. The molecule has 2 aromatic carbocycles. The monoisotopic (exact) mass is 570 g/mol. The van der Waals surface area contributed by atoms with Crippen molar-refractivity contribution in [3.05, 3.63) is 80.1 Å². The lowest BCUT2D eigenvalue weighted by Crippen LogP contribution is -2.37. The minimum absolute atomic E-state index is 0.197. The average Bonchev–Trinajstić information content (AvgIpc) is 3.55. The van der Waals surface area contributed by atoms with Crippen molar-refractivity contribution in [3.63, 3.8) is 0 Å². The number of fused-ring (bicyclic) bond motifs is 2. The van der Waals surface area contributed by atoms with E-state index in [-0.39, 0.29) is 6.61 Å². The molecule has 7 nitrogen and oxygen atoms in total. The van der Waals surface area contributed by atoms with Gasteiger partial charge in [-0.2, -0.15) is 0 Å². The van der Waals surface area contributed by atoms with Gasteiger partial charge in [0.1, 0.15) is 10.9 Å². The summed E-state index contributed by atoms with van der Waals surface area (Å²) in [6.45, 7) is 1.93. The number of carbonyl (C=O) groups is 3. The standard InChI is InChI=1S/C28H24Cl2N2O5S/c1-2-36-28(35)21-18-10-6-7-11-20(18)38-27(21)31-25(33)22-23(17-13-12-15(29)14-19(17)30)32(37-24(22)26(31)34)16-8-4-3-5-9-16/h3-5,8-9,12-14,22-24H,2,6-7,10-11H2,1H3. The Kier molecular flexibility index (Phi) is 6.68. The van der Waals surface area contributed by atoms with Gasteiger partial charge in [-0.05, 0) is 68.0 Å². The highest BCUT2D eigenvalue weighted by atomic mass is 35.5. The smallest absolute Gasteiger partial charge is 0.341 e. The zero-order valence-corrected chi connectivity index (χ0v) is 22.8. The van der Waals surface area contributed by atoms with E-state index in [1.807, 2.05) is 30.3 Å². The Bertz CT molecular complexity index is 1440. The van der Waals surface area contributed by atoms with Gasteiger partial charge in [-0.1, -0.05) is 47.5 Å². The van der Waals surface area contributed by atoms with Crippen LogP contribution in [0.3, 0.4) is 0 Å². The van der Waals surface area contributed by atoms with Crippen LogP contribution in [0.5, 0.6) is 0 Å². The molecule has 2 saturated heterocycles. The summed E-state index contributed by atoms with van der Waals surface area (Å²) >= 11 is 14.1. The number of carbonyl (C=O) groups excluding carboxylic acids is 3. The van der Waals surface area contributed by atoms with E-state index in [1.165, 1.54) is 11.3 Å². The summed E-state index contributed by atoms with van der Waals surface area (Å²) in [4.78, 5) is 49.5. The zero-order valence-electron chi connectivity index (χ0n) is 20.5. The molecule has 0 bridgehead atoms. The second-order valence-corrected chi connectivity index (χ2v) is 11.4. The highest BCUT2D eigenvalue weighted by Gasteiger charge is 2.61. The van der Waals surface area contributed by atoms with Crippen LogP contribution < -0.4 is 9.96 Å². The normalized spacial score (nSPS) is 22.6. The van der Waals surface area contributed by atoms with Crippen molar-refractivity contribution in [3.8, 4) is 0 Å². The van der Waals surface area contributed by atoms with Crippen molar-refractivity contribution in [1.82, 2.24) is 0 Å². The summed E-state index contributed by atoms with van der Waals surface area (Å²) in [6, 6.07) is 13.6. The number of hydroxylamine groups is 1. The van der Waals surface area contributed by atoms with Gasteiger partial charge in [-0.3, -0.25) is 14.4 Å². The molecule has 3 aliphatic rings. The molecular formula is C28H24Cl2N2O5S. The van der Waals surface area contributed by atoms with Crippen LogP contribution in [-0.4, -0.2) is 30.5 Å². The van der Waals surface area contributed by atoms with Gasteiger partial charge in [0.25, 0.3) is 5.91 Å². The lowest BCUT2D eigenvalue weighted by Gasteiger charge is -2.29. The van der Waals surface area contributed by atoms with Gasteiger partial charge in [0, 0.05) is 14.9 Å². The van der Waals surface area contributed by atoms with Crippen LogP contribution in [0.4, 0.5) is 10.7 Å². The maximum Gasteiger partial charge on any atom is 0.341 e. The maximum atomic E-state index is 14.2. The van der Waals surface area contributed by atoms with E-state index in [0.29, 0.717) is 38.3 Å². The molecule has 0 saturated carbocycles. The number of nitrogens with zero attached hydrogens (tertiary/aromatic N) is 2. The van der Waals surface area contributed by atoms with Crippen LogP contribution in [0.15, 0.2) is 48.5 Å². The topological polar surface area (TPSA) is 76.2 Å². The minimum atomic E-state index is -1.08. The van der Waals surface area contributed by atoms with Gasteiger partial charge in [0.2, 0.25) is 5.91 Å². The molecule has 196 valence electrons. The van der Waals surface area contributed by atoms with Crippen LogP contribution in [0, 0.1) is 5.92 Å². The van der Waals surface area contributed by atoms with Crippen LogP contribution >= 0.6 is 34.5 Å². The van der Waals surface area contributed by atoms with Crippen molar-refractivity contribution in [2.75, 3.05) is 16.6 Å². The summed E-state index contributed by atoms with van der Waals surface area (Å²) in [5.74, 6) is -2.32. The molecule has 0 N–H and O–H groups in total. The lowest BCUT2D eigenvalue weighted by atomic mass is 9.90. The molecule has 10 heteroatoms. The number of benzene rings is 2. The third kappa shape index (κ3) is 4.02. The SMILES string of the molecule is CCOC(=O)c1c(N2C(=O)C3ON(c4ccccc4)C(c4ccc(Cl)cc4Cl)C3C2=O)sc2c1CCCC2. The summed E-state index contributed by atoms with van der Waals surface area (Å²) in [6.07, 6.45) is 2.37. The van der Waals surface area contributed by atoms with Gasteiger partial charge < -0.3 is 4.74 Å². The molecule has 2 amide bonds. The molecule has 1 aromatic heterocycles. The quantitative estimate of drug-likeness (QED) is 0.270. The molecule has 2 fully saturated rings. The molecule has 2 aliphatic heterocycles. The van der Waals surface area contributed by atoms with Crippen molar-refractivity contribution >= 4 is 63.0 Å². The van der Waals surface area contributed by atoms with E-state index in [0.717, 1.165) is 34.6 Å². The van der Waals surface area contributed by atoms with Crippen molar-refractivity contribution in [2.24, 2.45) is 5.92 Å². The Morgan fingerprint density at radius 3 is 2.58 bits per heavy atom. The fraction of sp³-hybridized carbons (Fsp3) is 0.321. The molecule has 1 aliphatic carbocycles. The predicted octanol–water partition coefficient (Wildman–Crippen LogP) is 6.16. The first kappa shape index (κ1) is 25.4. The molecule has 3 unspecified atom stereocenters. The van der Waals surface area contributed by atoms with E-state index >= 15 is 0 Å². The minimum Gasteiger partial charge on any atom is -0.462 e. The van der Waals surface area contributed by atoms with E-state index in [1.54, 1.807) is 30.2 Å². The van der Waals surface area contributed by atoms with Crippen LogP contribution in [0.1, 0.15) is 52.2 Å². The van der Waals surface area contributed by atoms with E-state index in [9.17, 15) is 14.4 Å². The van der Waals surface area contributed by atoms with Gasteiger partial charge >= 0.3 is 5.97 Å². The number of ether oxygens (including phenoxy) is 1. The summed E-state index contributed by atoms with van der Waals surface area (Å²) < 4.78 is 5.36. The van der Waals surface area contributed by atoms with Gasteiger partial charge in [0.15, 0.2) is 6.10 Å². The van der Waals surface area contributed by atoms with Crippen LogP contribution in [0.25, 0.3) is 0 Å². The van der Waals surface area contributed by atoms with Gasteiger partial charge in [-0.25, -0.2) is 14.8 Å². The van der Waals surface area contributed by atoms with Crippen molar-refractivity contribution in [2.45, 2.75) is 44.8 Å². The fourth-order valence-corrected chi connectivity index (χ4v) is 7.50. The molecule has 38 heavy (non-hydrogen) atoms. The number of amides is 2. The molecule has 6 rings (SSSR count). The second-order valence-electron chi connectivity index (χ2n) is 9.45. The first-order chi connectivity index (χ1) is 18.4. The van der Waals surface area contributed by atoms with Gasteiger partial charge in [-0.15, -0.1) is 11.3 Å². The predicted molar refractivity (Wildman–Crippen MR) is 146 cm³/mol. The van der Waals surface area contributed by atoms with Crippen molar-refractivity contribution < 1.29 is 24.0 Å².